The number of aryl methyl sites for hydroxylation is 1. The topological polar surface area (TPSA) is 20.2 Å². The van der Waals surface area contributed by atoms with E-state index in [1.54, 1.807) is 0 Å². The summed E-state index contributed by atoms with van der Waals surface area (Å²) in [7, 11) is 0. The van der Waals surface area contributed by atoms with Crippen molar-refractivity contribution in [3.05, 3.63) is 29.8 Å². The Morgan fingerprint density at radius 2 is 2.38 bits per heavy atom. The third-order valence-corrected chi connectivity index (χ3v) is 3.78. The maximum absolute atomic E-state index is 8.90. The summed E-state index contributed by atoms with van der Waals surface area (Å²) in [5, 5.41) is 9.55. The fourth-order valence-electron chi connectivity index (χ4n) is 1.42. The van der Waals surface area contributed by atoms with Crippen LogP contribution in [0.3, 0.4) is 0 Å². The first-order chi connectivity index (χ1) is 6.29. The van der Waals surface area contributed by atoms with Gasteiger partial charge in [-0.3, -0.25) is 0 Å². The number of rotatable bonds is 3. The van der Waals surface area contributed by atoms with E-state index in [2.05, 4.69) is 31.2 Å². The van der Waals surface area contributed by atoms with E-state index >= 15 is 0 Å². The summed E-state index contributed by atoms with van der Waals surface area (Å²) in [4.78, 5) is 1.33. The van der Waals surface area contributed by atoms with Crippen LogP contribution in [0.4, 0.5) is 0 Å². The van der Waals surface area contributed by atoms with Gasteiger partial charge in [0, 0.05) is 16.8 Å². The number of thioether (sulfide) groups is 1. The van der Waals surface area contributed by atoms with Crippen molar-refractivity contribution >= 4 is 11.8 Å². The highest BCUT2D eigenvalue weighted by molar-refractivity contribution is 8.00. The molecule has 0 amide bonds. The summed E-state index contributed by atoms with van der Waals surface area (Å²) >= 11 is 1.90. The Labute approximate surface area is 83.2 Å². The van der Waals surface area contributed by atoms with Crippen LogP contribution >= 0.6 is 11.8 Å². The molecule has 2 rings (SSSR count). The zero-order valence-electron chi connectivity index (χ0n) is 7.73. The van der Waals surface area contributed by atoms with Gasteiger partial charge in [-0.05, 0) is 31.4 Å². The van der Waals surface area contributed by atoms with E-state index < -0.39 is 0 Å². The first kappa shape index (κ1) is 9.10. The molecule has 0 aliphatic heterocycles. The van der Waals surface area contributed by atoms with E-state index in [4.69, 9.17) is 5.11 Å². The van der Waals surface area contributed by atoms with Crippen molar-refractivity contribution in [3.63, 3.8) is 0 Å². The predicted octanol–water partition coefficient (Wildman–Crippen LogP) is 2.47. The van der Waals surface area contributed by atoms with E-state index in [0.29, 0.717) is 17.8 Å². The summed E-state index contributed by atoms with van der Waals surface area (Å²) in [6.07, 6.45) is 1.18. The van der Waals surface area contributed by atoms with E-state index in [9.17, 15) is 0 Å². The van der Waals surface area contributed by atoms with Gasteiger partial charge in [0.25, 0.3) is 0 Å². The second kappa shape index (κ2) is 3.72. The molecular weight excluding hydrogens is 180 g/mol. The molecule has 1 saturated carbocycles. The molecule has 0 bridgehead atoms. The Morgan fingerprint density at radius 3 is 3.00 bits per heavy atom. The maximum atomic E-state index is 8.90. The number of aliphatic hydroxyl groups excluding tert-OH is 1. The number of aliphatic hydroxyl groups is 1. The number of hydrogen-bond acceptors (Lipinski definition) is 2. The molecular formula is C11H14OS. The van der Waals surface area contributed by atoms with E-state index in [1.165, 1.54) is 16.9 Å². The molecule has 2 unspecified atom stereocenters. The van der Waals surface area contributed by atoms with Gasteiger partial charge in [0.15, 0.2) is 0 Å². The Kier molecular flexibility index (Phi) is 2.61. The van der Waals surface area contributed by atoms with Crippen LogP contribution in [0.25, 0.3) is 0 Å². The van der Waals surface area contributed by atoms with Crippen LogP contribution in [-0.2, 0) is 0 Å². The SMILES string of the molecule is Cc1cccc(SC2CC2CO)c1. The quantitative estimate of drug-likeness (QED) is 0.797. The van der Waals surface area contributed by atoms with Crippen molar-refractivity contribution in [1.82, 2.24) is 0 Å². The summed E-state index contributed by atoms with van der Waals surface area (Å²) in [5.41, 5.74) is 1.31. The van der Waals surface area contributed by atoms with Gasteiger partial charge in [-0.1, -0.05) is 17.7 Å². The summed E-state index contributed by atoms with van der Waals surface area (Å²) in [6.45, 7) is 2.46. The standard InChI is InChI=1S/C11H14OS/c1-8-3-2-4-10(5-8)13-11-6-9(11)7-12/h2-5,9,11-12H,6-7H2,1H3. The van der Waals surface area contributed by atoms with Crippen LogP contribution in [0.5, 0.6) is 0 Å². The molecule has 13 heavy (non-hydrogen) atoms. The Hall–Kier alpha value is -0.470. The zero-order valence-corrected chi connectivity index (χ0v) is 8.55. The van der Waals surface area contributed by atoms with E-state index in [-0.39, 0.29) is 0 Å². The van der Waals surface area contributed by atoms with Gasteiger partial charge >= 0.3 is 0 Å². The van der Waals surface area contributed by atoms with Crippen molar-refractivity contribution in [1.29, 1.82) is 0 Å². The molecule has 1 aliphatic rings. The first-order valence-electron chi connectivity index (χ1n) is 4.64. The molecule has 2 heteroatoms. The molecule has 0 spiro atoms. The van der Waals surface area contributed by atoms with Crippen LogP contribution in [0, 0.1) is 12.8 Å². The van der Waals surface area contributed by atoms with Gasteiger partial charge in [-0.15, -0.1) is 11.8 Å². The smallest absolute Gasteiger partial charge is 0.0470 e. The lowest BCUT2D eigenvalue weighted by Crippen LogP contribution is -1.88. The molecule has 0 radical (unpaired) electrons. The molecule has 70 valence electrons. The zero-order chi connectivity index (χ0) is 9.26. The van der Waals surface area contributed by atoms with Gasteiger partial charge in [-0.2, -0.15) is 0 Å². The van der Waals surface area contributed by atoms with Gasteiger partial charge in [0.1, 0.15) is 0 Å². The average Bonchev–Trinajstić information content (AvgIpc) is 2.83. The minimum atomic E-state index is 0.351. The van der Waals surface area contributed by atoms with Crippen molar-refractivity contribution in [2.75, 3.05) is 6.61 Å². The van der Waals surface area contributed by atoms with Gasteiger partial charge in [0.05, 0.1) is 0 Å². The van der Waals surface area contributed by atoms with Crippen LogP contribution in [0.2, 0.25) is 0 Å². The predicted molar refractivity (Wildman–Crippen MR) is 56.0 cm³/mol. The molecule has 0 heterocycles. The summed E-state index contributed by atoms with van der Waals surface area (Å²) in [6, 6.07) is 8.55. The van der Waals surface area contributed by atoms with Gasteiger partial charge in [0.2, 0.25) is 0 Å². The number of hydrogen-bond donors (Lipinski definition) is 1. The molecule has 1 aliphatic carbocycles. The molecule has 2 atom stereocenters. The third-order valence-electron chi connectivity index (χ3n) is 2.37. The van der Waals surface area contributed by atoms with Crippen LogP contribution in [-0.4, -0.2) is 17.0 Å². The lowest BCUT2D eigenvalue weighted by Gasteiger charge is -2.00. The molecule has 0 aromatic heterocycles. The Morgan fingerprint density at radius 1 is 1.54 bits per heavy atom. The lowest BCUT2D eigenvalue weighted by atomic mass is 10.2. The van der Waals surface area contributed by atoms with Crippen molar-refractivity contribution in [2.45, 2.75) is 23.5 Å². The Bertz CT molecular complexity index is 298. The normalized spacial score (nSPS) is 26.0. The largest absolute Gasteiger partial charge is 0.396 e. The van der Waals surface area contributed by atoms with Crippen LogP contribution in [0.1, 0.15) is 12.0 Å². The molecule has 0 saturated heterocycles. The summed E-state index contributed by atoms with van der Waals surface area (Å²) in [5.74, 6) is 0.547. The van der Waals surface area contributed by atoms with Gasteiger partial charge < -0.3 is 5.11 Å². The summed E-state index contributed by atoms with van der Waals surface area (Å²) < 4.78 is 0. The second-order valence-electron chi connectivity index (χ2n) is 3.65. The molecule has 1 fully saturated rings. The molecule has 1 aromatic rings. The first-order valence-corrected chi connectivity index (χ1v) is 5.52. The van der Waals surface area contributed by atoms with Crippen molar-refractivity contribution < 1.29 is 5.11 Å². The lowest BCUT2D eigenvalue weighted by molar-refractivity contribution is 0.277. The number of benzene rings is 1. The second-order valence-corrected chi connectivity index (χ2v) is 4.96. The highest BCUT2D eigenvalue weighted by Crippen LogP contribution is 2.44. The van der Waals surface area contributed by atoms with Crippen molar-refractivity contribution in [3.8, 4) is 0 Å². The fourth-order valence-corrected chi connectivity index (χ4v) is 2.80. The minimum absolute atomic E-state index is 0.351. The molecule has 1 N–H and O–H groups in total. The minimum Gasteiger partial charge on any atom is -0.396 e. The molecule has 1 aromatic carbocycles. The average molecular weight is 194 g/mol. The highest BCUT2D eigenvalue weighted by Gasteiger charge is 2.36. The third kappa shape index (κ3) is 2.26. The van der Waals surface area contributed by atoms with Gasteiger partial charge in [-0.25, -0.2) is 0 Å². The van der Waals surface area contributed by atoms with E-state index in [1.807, 2.05) is 11.8 Å². The molecule has 1 nitrogen and oxygen atoms in total. The van der Waals surface area contributed by atoms with E-state index in [0.717, 1.165) is 0 Å². The monoisotopic (exact) mass is 194 g/mol. The van der Waals surface area contributed by atoms with Crippen molar-refractivity contribution in [2.24, 2.45) is 5.92 Å². The van der Waals surface area contributed by atoms with Crippen LogP contribution in [0.15, 0.2) is 29.2 Å². The fraction of sp³-hybridized carbons (Fsp3) is 0.455. The van der Waals surface area contributed by atoms with Crippen LogP contribution < -0.4 is 0 Å². The maximum Gasteiger partial charge on any atom is 0.0470 e. The Balaban J connectivity index is 1.95. The highest BCUT2D eigenvalue weighted by atomic mass is 32.2.